The van der Waals surface area contributed by atoms with Gasteiger partial charge >= 0.3 is 0 Å². The molecule has 0 saturated heterocycles. The summed E-state index contributed by atoms with van der Waals surface area (Å²) in [7, 11) is 0. The molecule has 21 heavy (non-hydrogen) atoms. The number of hydrogen-bond donors (Lipinski definition) is 2. The smallest absolute Gasteiger partial charge is 0.285 e. The molecule has 0 heterocycles. The number of nitrogens with one attached hydrogen (secondary N) is 1. The molecule has 1 saturated carbocycles. The van der Waals surface area contributed by atoms with Crippen LogP contribution in [0, 0.1) is 15.9 Å². The zero-order valence-electron chi connectivity index (χ0n) is 11.6. The second kappa shape index (κ2) is 6.04. The van der Waals surface area contributed by atoms with Crippen molar-refractivity contribution in [2.24, 2.45) is 5.84 Å². The Kier molecular flexibility index (Phi) is 4.37. The fourth-order valence-corrected chi connectivity index (χ4v) is 2.23. The fourth-order valence-electron chi connectivity index (χ4n) is 2.23. The van der Waals surface area contributed by atoms with Crippen molar-refractivity contribution in [3.63, 3.8) is 0 Å². The summed E-state index contributed by atoms with van der Waals surface area (Å²) in [6.07, 6.45) is 2.53. The van der Waals surface area contributed by atoms with Crippen molar-refractivity contribution in [3.05, 3.63) is 33.6 Å². The third-order valence-electron chi connectivity index (χ3n) is 3.38. The van der Waals surface area contributed by atoms with Crippen LogP contribution < -0.4 is 11.3 Å². The van der Waals surface area contributed by atoms with E-state index in [1.165, 1.54) is 0 Å². The van der Waals surface area contributed by atoms with E-state index in [1.54, 1.807) is 4.90 Å². The Morgan fingerprint density at radius 2 is 2.24 bits per heavy atom. The van der Waals surface area contributed by atoms with Gasteiger partial charge in [0, 0.05) is 12.6 Å². The number of nitrogens with two attached hydrogens (primary N) is 1. The Labute approximate surface area is 121 Å². The lowest BCUT2D eigenvalue weighted by atomic mass is 10.1. The average molecular weight is 296 g/mol. The first kappa shape index (κ1) is 15.2. The molecule has 8 heteroatoms. The largest absolute Gasteiger partial charge is 0.335 e. The van der Waals surface area contributed by atoms with Gasteiger partial charge in [-0.2, -0.15) is 0 Å². The SMILES string of the molecule is CCCN(C(=O)c1cc(NN)c(F)cc1[N+](=O)[O-])C1CC1. The van der Waals surface area contributed by atoms with Crippen LogP contribution in [0.2, 0.25) is 0 Å². The minimum absolute atomic E-state index is 0.122. The molecule has 2 rings (SSSR count). The van der Waals surface area contributed by atoms with Crippen molar-refractivity contribution in [1.82, 2.24) is 4.90 Å². The third kappa shape index (κ3) is 3.10. The number of halogens is 1. The van der Waals surface area contributed by atoms with Crippen molar-refractivity contribution in [1.29, 1.82) is 0 Å². The van der Waals surface area contributed by atoms with Gasteiger partial charge in [0.05, 0.1) is 16.7 Å². The molecule has 1 fully saturated rings. The van der Waals surface area contributed by atoms with Gasteiger partial charge in [0.2, 0.25) is 0 Å². The average Bonchev–Trinajstić information content (AvgIpc) is 3.28. The fraction of sp³-hybridized carbons (Fsp3) is 0.462. The van der Waals surface area contributed by atoms with Crippen LogP contribution in [0.4, 0.5) is 15.8 Å². The number of rotatable bonds is 6. The molecule has 1 aromatic rings. The monoisotopic (exact) mass is 296 g/mol. The van der Waals surface area contributed by atoms with E-state index < -0.39 is 22.3 Å². The summed E-state index contributed by atoms with van der Waals surface area (Å²) in [4.78, 5) is 24.5. The lowest BCUT2D eigenvalue weighted by Gasteiger charge is -2.22. The van der Waals surface area contributed by atoms with E-state index in [-0.39, 0.29) is 17.3 Å². The number of amides is 1. The molecule has 0 spiro atoms. The Hall–Kier alpha value is -2.22. The van der Waals surface area contributed by atoms with Crippen molar-refractivity contribution >= 4 is 17.3 Å². The molecular formula is C13H17FN4O3. The Bertz CT molecular complexity index is 575. The van der Waals surface area contributed by atoms with Crippen molar-refractivity contribution in [2.45, 2.75) is 32.2 Å². The van der Waals surface area contributed by atoms with Crippen LogP contribution >= 0.6 is 0 Å². The van der Waals surface area contributed by atoms with E-state index >= 15 is 0 Å². The minimum Gasteiger partial charge on any atom is -0.335 e. The first-order valence-corrected chi connectivity index (χ1v) is 6.75. The van der Waals surface area contributed by atoms with Crippen LogP contribution in [0.1, 0.15) is 36.5 Å². The zero-order chi connectivity index (χ0) is 15.6. The maximum Gasteiger partial charge on any atom is 0.285 e. The molecule has 0 aliphatic heterocycles. The van der Waals surface area contributed by atoms with Gasteiger partial charge in [-0.3, -0.25) is 20.8 Å². The summed E-state index contributed by atoms with van der Waals surface area (Å²) < 4.78 is 13.6. The van der Waals surface area contributed by atoms with Crippen LogP contribution in [0.25, 0.3) is 0 Å². The number of nitrogens with zero attached hydrogens (tertiary/aromatic N) is 2. The molecule has 0 unspecified atom stereocenters. The topological polar surface area (TPSA) is 102 Å². The molecule has 1 aliphatic carbocycles. The number of anilines is 1. The molecule has 1 amide bonds. The molecule has 0 radical (unpaired) electrons. The van der Waals surface area contributed by atoms with E-state index in [0.29, 0.717) is 6.54 Å². The normalized spacial score (nSPS) is 13.9. The van der Waals surface area contributed by atoms with Crippen LogP contribution in [-0.2, 0) is 0 Å². The van der Waals surface area contributed by atoms with E-state index in [4.69, 9.17) is 5.84 Å². The summed E-state index contributed by atoms with van der Waals surface area (Å²) in [6, 6.07) is 1.94. The molecule has 0 bridgehead atoms. The summed E-state index contributed by atoms with van der Waals surface area (Å²) in [5, 5.41) is 11.1. The Morgan fingerprint density at radius 1 is 1.57 bits per heavy atom. The van der Waals surface area contributed by atoms with Crippen LogP contribution in [0.15, 0.2) is 12.1 Å². The second-order valence-corrected chi connectivity index (χ2v) is 4.98. The molecule has 1 aliphatic rings. The minimum atomic E-state index is -0.866. The molecule has 0 atom stereocenters. The van der Waals surface area contributed by atoms with E-state index in [2.05, 4.69) is 5.43 Å². The maximum atomic E-state index is 13.6. The highest BCUT2D eigenvalue weighted by molar-refractivity contribution is 5.99. The second-order valence-electron chi connectivity index (χ2n) is 4.98. The van der Waals surface area contributed by atoms with Crippen molar-refractivity contribution in [3.8, 4) is 0 Å². The lowest BCUT2D eigenvalue weighted by Crippen LogP contribution is -2.34. The van der Waals surface area contributed by atoms with Gasteiger partial charge in [-0.25, -0.2) is 4.39 Å². The van der Waals surface area contributed by atoms with Gasteiger partial charge in [0.15, 0.2) is 5.82 Å². The standard InChI is InChI=1S/C13H17FN4O3/c1-2-5-17(8-3-4-8)13(19)9-6-11(16-15)10(14)7-12(9)18(20)21/h6-8,16H,2-5,15H2,1H3. The molecule has 1 aromatic carbocycles. The van der Waals surface area contributed by atoms with Crippen molar-refractivity contribution in [2.75, 3.05) is 12.0 Å². The molecule has 3 N–H and O–H groups in total. The van der Waals surface area contributed by atoms with Gasteiger partial charge in [-0.1, -0.05) is 6.92 Å². The number of carbonyl (C=O) groups is 1. The number of hydrogen-bond acceptors (Lipinski definition) is 5. The van der Waals surface area contributed by atoms with Gasteiger partial charge in [0.25, 0.3) is 11.6 Å². The lowest BCUT2D eigenvalue weighted by molar-refractivity contribution is -0.385. The zero-order valence-corrected chi connectivity index (χ0v) is 11.6. The highest BCUT2D eigenvalue weighted by Gasteiger charge is 2.35. The summed E-state index contributed by atoms with van der Waals surface area (Å²) in [5.41, 5.74) is 1.27. The Balaban J connectivity index is 2.44. The molecule has 114 valence electrons. The quantitative estimate of drug-likeness (QED) is 0.475. The first-order valence-electron chi connectivity index (χ1n) is 6.75. The predicted octanol–water partition coefficient (Wildman–Crippen LogP) is 2.03. The number of nitro groups is 1. The summed E-state index contributed by atoms with van der Waals surface area (Å²) in [6.45, 7) is 2.44. The highest BCUT2D eigenvalue weighted by Crippen LogP contribution is 2.32. The predicted molar refractivity (Wildman–Crippen MR) is 75.2 cm³/mol. The Morgan fingerprint density at radius 3 is 2.71 bits per heavy atom. The number of benzene rings is 1. The number of carbonyl (C=O) groups excluding carboxylic acids is 1. The number of nitrogen functional groups attached to an aromatic ring is 1. The van der Waals surface area contributed by atoms with Crippen LogP contribution in [0.3, 0.4) is 0 Å². The maximum absolute atomic E-state index is 13.6. The van der Waals surface area contributed by atoms with Crippen LogP contribution in [-0.4, -0.2) is 28.3 Å². The van der Waals surface area contributed by atoms with Crippen LogP contribution in [0.5, 0.6) is 0 Å². The number of hydrazine groups is 1. The third-order valence-corrected chi connectivity index (χ3v) is 3.38. The van der Waals surface area contributed by atoms with Gasteiger partial charge in [-0.15, -0.1) is 0 Å². The summed E-state index contributed by atoms with van der Waals surface area (Å²) >= 11 is 0. The van der Waals surface area contributed by atoms with E-state index in [0.717, 1.165) is 31.4 Å². The summed E-state index contributed by atoms with van der Waals surface area (Å²) in [5.74, 6) is 3.85. The number of nitro benzene ring substituents is 1. The van der Waals surface area contributed by atoms with E-state index in [9.17, 15) is 19.3 Å². The first-order chi connectivity index (χ1) is 9.99. The van der Waals surface area contributed by atoms with Crippen molar-refractivity contribution < 1.29 is 14.1 Å². The van der Waals surface area contributed by atoms with Gasteiger partial charge < -0.3 is 10.3 Å². The molecule has 7 nitrogen and oxygen atoms in total. The van der Waals surface area contributed by atoms with Gasteiger partial charge in [0.1, 0.15) is 5.56 Å². The molecule has 0 aromatic heterocycles. The highest BCUT2D eigenvalue weighted by atomic mass is 19.1. The van der Waals surface area contributed by atoms with Gasteiger partial charge in [-0.05, 0) is 25.3 Å². The molecular weight excluding hydrogens is 279 g/mol. The van der Waals surface area contributed by atoms with E-state index in [1.807, 2.05) is 6.92 Å².